The molecule has 1 unspecified atom stereocenters. The van der Waals surface area contributed by atoms with Gasteiger partial charge in [-0.25, -0.2) is 0 Å². The Labute approximate surface area is 181 Å². The van der Waals surface area contributed by atoms with Gasteiger partial charge in [-0.15, -0.1) is 0 Å². The summed E-state index contributed by atoms with van der Waals surface area (Å²) in [7, 11) is 0. The normalized spacial score (nSPS) is 35.9. The molecule has 2 aliphatic heterocycles. The van der Waals surface area contributed by atoms with E-state index in [2.05, 4.69) is 11.9 Å². The molecule has 3 aliphatic carbocycles. The number of aromatic nitrogens is 1. The van der Waals surface area contributed by atoms with Gasteiger partial charge in [0.15, 0.2) is 0 Å². The predicted octanol–water partition coefficient (Wildman–Crippen LogP) is 4.21. The number of carbonyl (C=O) groups excluding carboxylic acids is 1. The number of H-pyrrole nitrogens is 1. The van der Waals surface area contributed by atoms with Crippen LogP contribution in [-0.4, -0.2) is 49.3 Å². The van der Waals surface area contributed by atoms with Crippen LogP contribution in [0.25, 0.3) is 10.9 Å². The summed E-state index contributed by atoms with van der Waals surface area (Å²) in [6.45, 7) is 2.12. The second-order valence-corrected chi connectivity index (χ2v) is 11.0. The monoisotopic (exact) mass is 428 g/mol. The Hall–Kier alpha value is -1.56. The Balaban J connectivity index is 1.27. The highest BCUT2D eigenvalue weighted by Gasteiger charge is 2.60. The van der Waals surface area contributed by atoms with Crippen LogP contribution in [0.1, 0.15) is 81.3 Å². The molecule has 160 valence electrons. The molecule has 5 aliphatic rings. The topological polar surface area (TPSA) is 76.6 Å². The molecule has 4 bridgehead atoms. The number of hydrogen-bond acceptors (Lipinski definition) is 3. The maximum absolute atomic E-state index is 13.4. The van der Waals surface area contributed by atoms with Crippen LogP contribution >= 0.6 is 11.6 Å². The van der Waals surface area contributed by atoms with E-state index in [0.29, 0.717) is 44.4 Å². The van der Waals surface area contributed by atoms with Crippen LogP contribution in [0.3, 0.4) is 0 Å². The van der Waals surface area contributed by atoms with Gasteiger partial charge in [0.25, 0.3) is 0 Å². The molecule has 5 fully saturated rings. The highest BCUT2D eigenvalue weighted by Crippen LogP contribution is 2.54. The molecular formula is C24H29ClN2O3. The quantitative estimate of drug-likeness (QED) is 0.682. The second-order valence-electron chi connectivity index (χ2n) is 10.6. The van der Waals surface area contributed by atoms with Crippen LogP contribution in [0, 0.1) is 0 Å². The van der Waals surface area contributed by atoms with Gasteiger partial charge in [-0.05, 0) is 73.6 Å². The van der Waals surface area contributed by atoms with Crippen LogP contribution in [0.15, 0.2) is 18.3 Å². The lowest BCUT2D eigenvalue weighted by atomic mass is 9.58. The Bertz CT molecular complexity index is 1010. The van der Waals surface area contributed by atoms with E-state index >= 15 is 0 Å². The minimum Gasteiger partial charge on any atom is -0.390 e. The third-order valence-corrected chi connectivity index (χ3v) is 8.39. The van der Waals surface area contributed by atoms with Crippen molar-refractivity contribution in [1.29, 1.82) is 0 Å². The van der Waals surface area contributed by atoms with Crippen molar-refractivity contribution in [3.8, 4) is 0 Å². The van der Waals surface area contributed by atoms with E-state index in [-0.39, 0.29) is 23.9 Å². The molecule has 30 heavy (non-hydrogen) atoms. The molecule has 5 nitrogen and oxygen atoms in total. The minimum atomic E-state index is -0.796. The third kappa shape index (κ3) is 2.85. The van der Waals surface area contributed by atoms with Crippen molar-refractivity contribution in [1.82, 2.24) is 9.88 Å². The van der Waals surface area contributed by atoms with Gasteiger partial charge in [-0.3, -0.25) is 4.79 Å². The smallest absolute Gasteiger partial charge is 0.223 e. The SMILES string of the molecule is CC(CC(=O)N1C2CC3(O)CC1CC(O)(C2)C3)c1c[nH]c2ccc(Cl)c(C3CC3)c12. The van der Waals surface area contributed by atoms with Gasteiger partial charge in [0.2, 0.25) is 5.91 Å². The second kappa shape index (κ2) is 6.24. The van der Waals surface area contributed by atoms with Gasteiger partial charge in [0, 0.05) is 47.0 Å². The number of nitrogens with zero attached hydrogens (tertiary/aromatic N) is 1. The summed E-state index contributed by atoms with van der Waals surface area (Å²) in [6, 6.07) is 3.92. The van der Waals surface area contributed by atoms with E-state index in [1.54, 1.807) is 0 Å². The maximum Gasteiger partial charge on any atom is 0.223 e. The van der Waals surface area contributed by atoms with Crippen LogP contribution in [-0.2, 0) is 4.79 Å². The molecule has 3 N–H and O–H groups in total. The van der Waals surface area contributed by atoms with Gasteiger partial charge in [0.1, 0.15) is 0 Å². The Morgan fingerprint density at radius 2 is 1.83 bits per heavy atom. The zero-order valence-electron chi connectivity index (χ0n) is 17.3. The van der Waals surface area contributed by atoms with Gasteiger partial charge in [-0.1, -0.05) is 18.5 Å². The number of rotatable bonds is 4. The summed E-state index contributed by atoms with van der Waals surface area (Å²) in [4.78, 5) is 18.8. The summed E-state index contributed by atoms with van der Waals surface area (Å²) in [5.74, 6) is 0.756. The largest absolute Gasteiger partial charge is 0.390 e. The van der Waals surface area contributed by atoms with Crippen molar-refractivity contribution in [3.63, 3.8) is 0 Å². The number of piperidine rings is 2. The van der Waals surface area contributed by atoms with E-state index in [0.717, 1.165) is 10.5 Å². The first kappa shape index (κ1) is 19.1. The summed E-state index contributed by atoms with van der Waals surface area (Å²) < 4.78 is 0. The Kier molecular flexibility index (Phi) is 3.98. The fourth-order valence-corrected chi connectivity index (χ4v) is 7.27. The lowest BCUT2D eigenvalue weighted by molar-refractivity contribution is -0.220. The molecule has 7 rings (SSSR count). The number of aliphatic hydroxyl groups is 2. The fourth-order valence-electron chi connectivity index (χ4n) is 6.96. The molecule has 2 aromatic rings. The Morgan fingerprint density at radius 1 is 1.20 bits per heavy atom. The van der Waals surface area contributed by atoms with Crippen molar-refractivity contribution < 1.29 is 15.0 Å². The van der Waals surface area contributed by atoms with Crippen LogP contribution in [0.5, 0.6) is 0 Å². The third-order valence-electron chi connectivity index (χ3n) is 8.06. The maximum atomic E-state index is 13.4. The Morgan fingerprint density at radius 3 is 2.43 bits per heavy atom. The van der Waals surface area contributed by atoms with Gasteiger partial charge < -0.3 is 20.1 Å². The number of halogens is 1. The van der Waals surface area contributed by atoms with Crippen LogP contribution < -0.4 is 0 Å². The van der Waals surface area contributed by atoms with E-state index in [9.17, 15) is 15.0 Å². The molecule has 1 aromatic carbocycles. The van der Waals surface area contributed by atoms with Crippen molar-refractivity contribution in [2.24, 2.45) is 0 Å². The molecule has 3 saturated carbocycles. The van der Waals surface area contributed by atoms with E-state index in [4.69, 9.17) is 11.6 Å². The molecule has 1 aromatic heterocycles. The average Bonchev–Trinajstić information content (AvgIpc) is 3.36. The first-order valence-corrected chi connectivity index (χ1v) is 11.7. The molecule has 0 radical (unpaired) electrons. The van der Waals surface area contributed by atoms with Crippen molar-refractivity contribution in [2.45, 2.75) is 93.4 Å². The first-order chi connectivity index (χ1) is 14.3. The van der Waals surface area contributed by atoms with E-state index < -0.39 is 11.2 Å². The predicted molar refractivity (Wildman–Crippen MR) is 116 cm³/mol. The fraction of sp³-hybridized carbons (Fsp3) is 0.625. The highest BCUT2D eigenvalue weighted by molar-refractivity contribution is 6.32. The lowest BCUT2D eigenvalue weighted by Gasteiger charge is -2.62. The summed E-state index contributed by atoms with van der Waals surface area (Å²) in [5, 5.41) is 23.7. The summed E-state index contributed by atoms with van der Waals surface area (Å²) in [5.41, 5.74) is 1.91. The number of hydrogen-bond donors (Lipinski definition) is 3. The number of aromatic amines is 1. The number of benzene rings is 1. The molecule has 0 spiro atoms. The van der Waals surface area contributed by atoms with E-state index in [1.165, 1.54) is 29.4 Å². The number of amides is 1. The summed E-state index contributed by atoms with van der Waals surface area (Å²) in [6.07, 6.45) is 7.70. The van der Waals surface area contributed by atoms with Crippen molar-refractivity contribution in [2.75, 3.05) is 0 Å². The van der Waals surface area contributed by atoms with Gasteiger partial charge >= 0.3 is 0 Å². The number of carbonyl (C=O) groups is 1. The summed E-state index contributed by atoms with van der Waals surface area (Å²) >= 11 is 6.57. The number of nitrogens with one attached hydrogen (secondary N) is 1. The standard InChI is InChI=1S/C24H29ClN2O3/c1-13(17-11-26-19-5-4-18(25)21(22(17)19)14-2-3-14)6-20(28)27-15-7-23(29)9-16(27)10-24(30,8-15)12-23/h4-5,11,13-16,26,29-30H,2-3,6-10,12H2,1H3. The van der Waals surface area contributed by atoms with Gasteiger partial charge in [0.05, 0.1) is 11.2 Å². The molecule has 6 heteroatoms. The van der Waals surface area contributed by atoms with Crippen molar-refractivity contribution >= 4 is 28.4 Å². The number of fused-ring (bicyclic) bond motifs is 1. The first-order valence-electron chi connectivity index (χ1n) is 11.3. The molecule has 2 saturated heterocycles. The lowest BCUT2D eigenvalue weighted by Crippen LogP contribution is -2.71. The zero-order valence-corrected chi connectivity index (χ0v) is 18.1. The minimum absolute atomic E-state index is 0.0413. The molecular weight excluding hydrogens is 400 g/mol. The molecule has 3 heterocycles. The van der Waals surface area contributed by atoms with Gasteiger partial charge in [-0.2, -0.15) is 0 Å². The average molecular weight is 429 g/mol. The van der Waals surface area contributed by atoms with Crippen LogP contribution in [0.4, 0.5) is 0 Å². The highest BCUT2D eigenvalue weighted by atomic mass is 35.5. The van der Waals surface area contributed by atoms with Crippen molar-refractivity contribution in [3.05, 3.63) is 34.5 Å². The molecule has 1 amide bonds. The van der Waals surface area contributed by atoms with E-state index in [1.807, 2.05) is 23.2 Å². The molecule has 1 atom stereocenters. The zero-order chi connectivity index (χ0) is 20.8. The van der Waals surface area contributed by atoms with Crippen LogP contribution in [0.2, 0.25) is 5.02 Å².